The van der Waals surface area contributed by atoms with Crippen molar-refractivity contribution in [2.24, 2.45) is 0 Å². The van der Waals surface area contributed by atoms with Crippen molar-refractivity contribution in [3.05, 3.63) is 47.2 Å². The van der Waals surface area contributed by atoms with Crippen LogP contribution in [0.3, 0.4) is 0 Å². The molecule has 0 fully saturated rings. The summed E-state index contributed by atoms with van der Waals surface area (Å²) in [6.45, 7) is 6.00. The van der Waals surface area contributed by atoms with E-state index in [0.29, 0.717) is 6.61 Å². The van der Waals surface area contributed by atoms with Gasteiger partial charge in [-0.3, -0.25) is 0 Å². The number of benzene rings is 1. The molecule has 0 saturated heterocycles. The fourth-order valence-electron chi connectivity index (χ4n) is 1.46. The van der Waals surface area contributed by atoms with Gasteiger partial charge in [-0.1, -0.05) is 25.5 Å². The van der Waals surface area contributed by atoms with Gasteiger partial charge in [-0.05, 0) is 38.0 Å². The lowest BCUT2D eigenvalue weighted by Crippen LogP contribution is -2.13. The zero-order valence-electron chi connectivity index (χ0n) is 12.1. The molecule has 0 unspecified atom stereocenters. The van der Waals surface area contributed by atoms with Gasteiger partial charge in [0.1, 0.15) is 0 Å². The summed E-state index contributed by atoms with van der Waals surface area (Å²) < 4.78 is 10.1. The molecule has 4 heteroatoms. The SMILES string of the molecule is CCCCOC(=O)c1ccccc1C(=O)OC=C(C)C. The third kappa shape index (κ3) is 4.88. The maximum Gasteiger partial charge on any atom is 0.343 e. The fourth-order valence-corrected chi connectivity index (χ4v) is 1.46. The maximum absolute atomic E-state index is 11.9. The van der Waals surface area contributed by atoms with E-state index in [9.17, 15) is 9.59 Å². The molecule has 0 N–H and O–H groups in total. The Morgan fingerprint density at radius 2 is 1.70 bits per heavy atom. The highest BCUT2D eigenvalue weighted by atomic mass is 16.5. The topological polar surface area (TPSA) is 52.6 Å². The van der Waals surface area contributed by atoms with Crippen molar-refractivity contribution in [1.29, 1.82) is 0 Å². The van der Waals surface area contributed by atoms with Gasteiger partial charge in [-0.2, -0.15) is 0 Å². The highest BCUT2D eigenvalue weighted by Gasteiger charge is 2.18. The van der Waals surface area contributed by atoms with Crippen LogP contribution in [0.5, 0.6) is 0 Å². The van der Waals surface area contributed by atoms with Gasteiger partial charge in [-0.15, -0.1) is 0 Å². The highest BCUT2D eigenvalue weighted by molar-refractivity contribution is 6.03. The summed E-state index contributed by atoms with van der Waals surface area (Å²) in [5.41, 5.74) is 1.31. The zero-order valence-corrected chi connectivity index (χ0v) is 12.1. The van der Waals surface area contributed by atoms with Gasteiger partial charge >= 0.3 is 11.9 Å². The summed E-state index contributed by atoms with van der Waals surface area (Å²) in [4.78, 5) is 23.9. The first-order valence-corrected chi connectivity index (χ1v) is 6.66. The van der Waals surface area contributed by atoms with Crippen LogP contribution in [-0.2, 0) is 9.47 Å². The van der Waals surface area contributed by atoms with E-state index in [2.05, 4.69) is 0 Å². The number of allylic oxidation sites excluding steroid dienone is 1. The predicted molar refractivity (Wildman–Crippen MR) is 76.5 cm³/mol. The van der Waals surface area contributed by atoms with Crippen molar-refractivity contribution >= 4 is 11.9 Å². The molecular formula is C16H20O4. The second kappa shape index (κ2) is 8.15. The largest absolute Gasteiger partial charge is 0.462 e. The number of rotatable bonds is 6. The molecule has 4 nitrogen and oxygen atoms in total. The van der Waals surface area contributed by atoms with Crippen molar-refractivity contribution < 1.29 is 19.1 Å². The van der Waals surface area contributed by atoms with Gasteiger partial charge in [0.25, 0.3) is 0 Å². The van der Waals surface area contributed by atoms with Crippen LogP contribution >= 0.6 is 0 Å². The molecular weight excluding hydrogens is 256 g/mol. The molecule has 0 radical (unpaired) electrons. The minimum Gasteiger partial charge on any atom is -0.462 e. The van der Waals surface area contributed by atoms with Crippen molar-refractivity contribution in [3.8, 4) is 0 Å². The Kier molecular flexibility index (Phi) is 6.50. The Bertz CT molecular complexity index is 499. The van der Waals surface area contributed by atoms with Gasteiger partial charge < -0.3 is 9.47 Å². The number of ether oxygens (including phenoxy) is 2. The van der Waals surface area contributed by atoms with Crippen LogP contribution in [0, 0.1) is 0 Å². The van der Waals surface area contributed by atoms with Gasteiger partial charge in [0, 0.05) is 0 Å². The molecule has 1 aromatic rings. The number of hydrogen-bond acceptors (Lipinski definition) is 4. The molecule has 0 saturated carbocycles. The molecule has 1 rings (SSSR count). The quantitative estimate of drug-likeness (QED) is 0.451. The molecule has 1 aromatic carbocycles. The van der Waals surface area contributed by atoms with Crippen molar-refractivity contribution in [2.45, 2.75) is 33.6 Å². The molecule has 0 aromatic heterocycles. The molecule has 0 spiro atoms. The third-order valence-corrected chi connectivity index (χ3v) is 2.50. The normalized spacial score (nSPS) is 9.75. The highest BCUT2D eigenvalue weighted by Crippen LogP contribution is 2.13. The monoisotopic (exact) mass is 276 g/mol. The Morgan fingerprint density at radius 3 is 2.25 bits per heavy atom. The van der Waals surface area contributed by atoms with E-state index in [1.54, 1.807) is 24.3 Å². The third-order valence-electron chi connectivity index (χ3n) is 2.50. The molecule has 0 amide bonds. The first-order valence-electron chi connectivity index (χ1n) is 6.66. The van der Waals surface area contributed by atoms with E-state index >= 15 is 0 Å². The smallest absolute Gasteiger partial charge is 0.343 e. The lowest BCUT2D eigenvalue weighted by atomic mass is 10.1. The predicted octanol–water partition coefficient (Wildman–Crippen LogP) is 3.72. The van der Waals surface area contributed by atoms with E-state index in [1.807, 2.05) is 20.8 Å². The average Bonchev–Trinajstić information content (AvgIpc) is 2.44. The van der Waals surface area contributed by atoms with E-state index in [0.717, 1.165) is 18.4 Å². The zero-order chi connectivity index (χ0) is 15.0. The van der Waals surface area contributed by atoms with Crippen LogP contribution in [0.15, 0.2) is 36.1 Å². The summed E-state index contributed by atoms with van der Waals surface area (Å²) in [6, 6.07) is 6.49. The number of carbonyl (C=O) groups excluding carboxylic acids is 2. The van der Waals surface area contributed by atoms with E-state index in [4.69, 9.17) is 9.47 Å². The molecule has 0 heterocycles. The molecule has 0 aliphatic rings. The van der Waals surface area contributed by atoms with E-state index < -0.39 is 11.9 Å². The molecule has 0 aliphatic carbocycles. The first-order chi connectivity index (χ1) is 9.56. The average molecular weight is 276 g/mol. The van der Waals surface area contributed by atoms with Crippen LogP contribution in [0.4, 0.5) is 0 Å². The van der Waals surface area contributed by atoms with Crippen LogP contribution in [0.1, 0.15) is 54.3 Å². The van der Waals surface area contributed by atoms with Crippen molar-refractivity contribution in [1.82, 2.24) is 0 Å². The lowest BCUT2D eigenvalue weighted by Gasteiger charge is -2.08. The van der Waals surface area contributed by atoms with Crippen LogP contribution in [0.2, 0.25) is 0 Å². The molecule has 0 bridgehead atoms. The summed E-state index contributed by atoms with van der Waals surface area (Å²) >= 11 is 0. The number of carbonyl (C=O) groups is 2. The lowest BCUT2D eigenvalue weighted by molar-refractivity contribution is 0.0487. The summed E-state index contributed by atoms with van der Waals surface area (Å²) in [7, 11) is 0. The molecule has 20 heavy (non-hydrogen) atoms. The summed E-state index contributed by atoms with van der Waals surface area (Å²) in [6.07, 6.45) is 3.11. The second-order valence-electron chi connectivity index (χ2n) is 4.64. The molecule has 108 valence electrons. The minimum atomic E-state index is -0.561. The standard InChI is InChI=1S/C16H20O4/c1-4-5-10-19-15(17)13-8-6-7-9-14(13)16(18)20-11-12(2)3/h6-9,11H,4-5,10H2,1-3H3. The Balaban J connectivity index is 2.84. The van der Waals surface area contributed by atoms with Gasteiger partial charge in [-0.25, -0.2) is 9.59 Å². The summed E-state index contributed by atoms with van der Waals surface area (Å²) in [5.74, 6) is -1.06. The van der Waals surface area contributed by atoms with Crippen LogP contribution < -0.4 is 0 Å². The van der Waals surface area contributed by atoms with Crippen LogP contribution in [-0.4, -0.2) is 18.5 Å². The molecule has 0 aliphatic heterocycles. The minimum absolute atomic E-state index is 0.214. The van der Waals surface area contributed by atoms with Crippen molar-refractivity contribution in [3.63, 3.8) is 0 Å². The Labute approximate surface area is 119 Å². The second-order valence-corrected chi connectivity index (χ2v) is 4.64. The Morgan fingerprint density at radius 1 is 1.10 bits per heavy atom. The van der Waals surface area contributed by atoms with Gasteiger partial charge in [0.2, 0.25) is 0 Å². The van der Waals surface area contributed by atoms with E-state index in [1.165, 1.54) is 6.26 Å². The fraction of sp³-hybridized carbons (Fsp3) is 0.375. The number of unbranched alkanes of at least 4 members (excludes halogenated alkanes) is 1. The van der Waals surface area contributed by atoms with E-state index in [-0.39, 0.29) is 11.1 Å². The van der Waals surface area contributed by atoms with Crippen LogP contribution in [0.25, 0.3) is 0 Å². The summed E-state index contributed by atoms with van der Waals surface area (Å²) in [5, 5.41) is 0. The Hall–Kier alpha value is -2.10. The van der Waals surface area contributed by atoms with Crippen molar-refractivity contribution in [2.75, 3.05) is 6.61 Å². The maximum atomic E-state index is 11.9. The van der Waals surface area contributed by atoms with Gasteiger partial charge in [0.15, 0.2) is 0 Å². The first kappa shape index (κ1) is 16.0. The molecule has 0 atom stereocenters. The number of esters is 2. The number of hydrogen-bond donors (Lipinski definition) is 0. The van der Waals surface area contributed by atoms with Gasteiger partial charge in [0.05, 0.1) is 24.0 Å².